The molecular weight excluding hydrogens is 310 g/mol. The van der Waals surface area contributed by atoms with E-state index in [2.05, 4.69) is 22.2 Å². The van der Waals surface area contributed by atoms with E-state index in [1.54, 1.807) is 0 Å². The van der Waals surface area contributed by atoms with E-state index in [0.717, 1.165) is 32.1 Å². The molecule has 1 unspecified atom stereocenters. The lowest BCUT2D eigenvalue weighted by molar-refractivity contribution is 0.309. The van der Waals surface area contributed by atoms with Crippen molar-refractivity contribution in [3.8, 4) is 0 Å². The van der Waals surface area contributed by atoms with E-state index in [-0.39, 0.29) is 11.3 Å². The molecule has 1 saturated heterocycles. The Hall–Kier alpha value is -2.27. The van der Waals surface area contributed by atoms with Gasteiger partial charge in [-0.15, -0.1) is 0 Å². The van der Waals surface area contributed by atoms with Gasteiger partial charge < -0.3 is 5.21 Å². The molecule has 0 aromatic heterocycles. The van der Waals surface area contributed by atoms with Crippen LogP contribution in [0.5, 0.6) is 0 Å². The van der Waals surface area contributed by atoms with Crippen LogP contribution >= 0.6 is 0 Å². The summed E-state index contributed by atoms with van der Waals surface area (Å²) >= 11 is 0. The molecule has 1 N–H and O–H groups in total. The highest BCUT2D eigenvalue weighted by atomic mass is 19.1. The Labute approximate surface area is 140 Å². The zero-order chi connectivity index (χ0) is 16.9. The highest BCUT2D eigenvalue weighted by Gasteiger charge is 2.25. The fourth-order valence-electron chi connectivity index (χ4n) is 3.27. The molecule has 1 atom stereocenters. The van der Waals surface area contributed by atoms with Crippen molar-refractivity contribution in [2.24, 2.45) is 11.1 Å². The monoisotopic (exact) mass is 330 g/mol. The first-order valence-electron chi connectivity index (χ1n) is 8.08. The third kappa shape index (κ3) is 3.97. The lowest BCUT2D eigenvalue weighted by Gasteiger charge is -2.16. The number of nitrogens with zero attached hydrogens (tertiary/aromatic N) is 2. The summed E-state index contributed by atoms with van der Waals surface area (Å²) in [5.74, 6) is -1.03. The molecule has 1 aliphatic heterocycles. The second-order valence-electron chi connectivity index (χ2n) is 6.25. The topological polar surface area (TPSA) is 35.8 Å². The van der Waals surface area contributed by atoms with Crippen molar-refractivity contribution in [2.45, 2.75) is 19.4 Å². The molecule has 1 heterocycles. The summed E-state index contributed by atoms with van der Waals surface area (Å²) in [7, 11) is 0. The quantitative estimate of drug-likeness (QED) is 0.510. The molecule has 1 fully saturated rings. The van der Waals surface area contributed by atoms with E-state index in [4.69, 9.17) is 0 Å². The van der Waals surface area contributed by atoms with Crippen molar-refractivity contribution in [3.05, 3.63) is 71.3 Å². The predicted molar refractivity (Wildman–Crippen MR) is 89.1 cm³/mol. The van der Waals surface area contributed by atoms with Gasteiger partial charge in [0.05, 0.1) is 5.71 Å². The highest BCUT2D eigenvalue weighted by Crippen LogP contribution is 2.24. The molecular formula is C19H20F2N2O. The fourth-order valence-corrected chi connectivity index (χ4v) is 3.27. The highest BCUT2D eigenvalue weighted by molar-refractivity contribution is 6.00. The maximum absolute atomic E-state index is 13.9. The van der Waals surface area contributed by atoms with Crippen molar-refractivity contribution in [2.75, 3.05) is 13.1 Å². The average Bonchev–Trinajstić information content (AvgIpc) is 3.01. The maximum atomic E-state index is 13.9. The van der Waals surface area contributed by atoms with Gasteiger partial charge in [0.1, 0.15) is 11.6 Å². The van der Waals surface area contributed by atoms with Crippen LogP contribution in [0.2, 0.25) is 0 Å². The van der Waals surface area contributed by atoms with E-state index >= 15 is 0 Å². The van der Waals surface area contributed by atoms with E-state index < -0.39 is 11.6 Å². The van der Waals surface area contributed by atoms with Crippen molar-refractivity contribution in [1.29, 1.82) is 0 Å². The van der Waals surface area contributed by atoms with Crippen LogP contribution in [0.25, 0.3) is 0 Å². The average molecular weight is 330 g/mol. The third-order valence-electron chi connectivity index (χ3n) is 4.46. The molecule has 0 bridgehead atoms. The van der Waals surface area contributed by atoms with Gasteiger partial charge in [-0.25, -0.2) is 8.78 Å². The Kier molecular flexibility index (Phi) is 5.20. The van der Waals surface area contributed by atoms with Crippen LogP contribution in [0.1, 0.15) is 24.0 Å². The molecule has 2 aromatic carbocycles. The van der Waals surface area contributed by atoms with Gasteiger partial charge in [-0.3, -0.25) is 4.90 Å². The summed E-state index contributed by atoms with van der Waals surface area (Å²) in [5, 5.41) is 12.5. The molecule has 24 heavy (non-hydrogen) atoms. The van der Waals surface area contributed by atoms with Crippen LogP contribution in [0.3, 0.4) is 0 Å². The van der Waals surface area contributed by atoms with Gasteiger partial charge in [-0.05, 0) is 43.0 Å². The Morgan fingerprint density at radius 2 is 1.96 bits per heavy atom. The Balaban J connectivity index is 1.61. The Morgan fingerprint density at radius 1 is 1.17 bits per heavy atom. The first-order chi connectivity index (χ1) is 11.7. The summed E-state index contributed by atoms with van der Waals surface area (Å²) in [6.45, 7) is 2.72. The van der Waals surface area contributed by atoms with E-state index in [0.29, 0.717) is 12.3 Å². The summed E-state index contributed by atoms with van der Waals surface area (Å²) in [6, 6.07) is 13.6. The van der Waals surface area contributed by atoms with Gasteiger partial charge in [-0.2, -0.15) is 0 Å². The van der Waals surface area contributed by atoms with E-state index in [9.17, 15) is 14.0 Å². The van der Waals surface area contributed by atoms with Crippen LogP contribution < -0.4 is 0 Å². The smallest absolute Gasteiger partial charge is 0.135 e. The lowest BCUT2D eigenvalue weighted by atomic mass is 9.96. The minimum absolute atomic E-state index is 0.167. The van der Waals surface area contributed by atoms with Crippen LogP contribution in [0.4, 0.5) is 8.78 Å². The summed E-state index contributed by atoms with van der Waals surface area (Å²) in [4.78, 5) is 2.34. The Bertz CT molecular complexity index is 719. The molecule has 3 rings (SSSR count). The number of likely N-dealkylation sites (tertiary alicyclic amines) is 1. The van der Waals surface area contributed by atoms with Crippen LogP contribution in [0.15, 0.2) is 53.7 Å². The second-order valence-corrected chi connectivity index (χ2v) is 6.25. The van der Waals surface area contributed by atoms with Crippen molar-refractivity contribution >= 4 is 5.71 Å². The summed E-state index contributed by atoms with van der Waals surface area (Å²) < 4.78 is 26.9. The van der Waals surface area contributed by atoms with Crippen LogP contribution in [-0.2, 0) is 6.54 Å². The number of benzene rings is 2. The Morgan fingerprint density at radius 3 is 2.67 bits per heavy atom. The van der Waals surface area contributed by atoms with Gasteiger partial charge in [-0.1, -0.05) is 35.5 Å². The van der Waals surface area contributed by atoms with Crippen LogP contribution in [0, 0.1) is 17.6 Å². The minimum atomic E-state index is -0.693. The molecule has 0 aliphatic carbocycles. The second kappa shape index (κ2) is 7.53. The van der Waals surface area contributed by atoms with Gasteiger partial charge >= 0.3 is 0 Å². The molecule has 1 aliphatic rings. The largest absolute Gasteiger partial charge is 0.411 e. The van der Waals surface area contributed by atoms with E-state index in [1.807, 2.05) is 18.2 Å². The van der Waals surface area contributed by atoms with E-state index in [1.165, 1.54) is 17.7 Å². The normalized spacial score (nSPS) is 18.9. The fraction of sp³-hybridized carbons (Fsp3) is 0.316. The van der Waals surface area contributed by atoms with Crippen LogP contribution in [-0.4, -0.2) is 28.9 Å². The number of oxime groups is 1. The first-order valence-corrected chi connectivity index (χ1v) is 8.08. The zero-order valence-electron chi connectivity index (χ0n) is 13.3. The maximum Gasteiger partial charge on any atom is 0.135 e. The van der Waals surface area contributed by atoms with Crippen molar-refractivity contribution < 1.29 is 14.0 Å². The number of halogens is 2. The molecule has 2 aromatic rings. The molecule has 0 radical (unpaired) electrons. The lowest BCUT2D eigenvalue weighted by Crippen LogP contribution is -2.21. The number of hydrogen-bond donors (Lipinski definition) is 1. The molecule has 3 nitrogen and oxygen atoms in total. The van der Waals surface area contributed by atoms with Gasteiger partial charge in [0, 0.05) is 24.7 Å². The van der Waals surface area contributed by atoms with Crippen molar-refractivity contribution in [3.63, 3.8) is 0 Å². The predicted octanol–water partition coefficient (Wildman–Crippen LogP) is 4.06. The molecule has 126 valence electrons. The van der Waals surface area contributed by atoms with Gasteiger partial charge in [0.25, 0.3) is 0 Å². The van der Waals surface area contributed by atoms with Gasteiger partial charge in [0.2, 0.25) is 0 Å². The molecule has 0 spiro atoms. The number of hydrogen-bond acceptors (Lipinski definition) is 3. The summed E-state index contributed by atoms with van der Waals surface area (Å²) in [5.41, 5.74) is 1.71. The third-order valence-corrected chi connectivity index (χ3v) is 4.46. The standard InChI is InChI=1S/C19H20F2N2O/c20-16-6-7-17(18(21)11-16)19(22-24)10-15-8-9-23(13-15)12-14-4-2-1-3-5-14/h1-7,11,15,24H,8-10,12-13H2/b22-19+. The van der Waals surface area contributed by atoms with Gasteiger partial charge in [0.15, 0.2) is 0 Å². The SMILES string of the molecule is O/N=C(\CC1CCN(Cc2ccccc2)C1)c1ccc(F)cc1F. The summed E-state index contributed by atoms with van der Waals surface area (Å²) in [6.07, 6.45) is 1.44. The molecule has 0 amide bonds. The number of rotatable bonds is 5. The molecule has 5 heteroatoms. The first kappa shape index (κ1) is 16.6. The minimum Gasteiger partial charge on any atom is -0.411 e. The van der Waals surface area contributed by atoms with Crippen molar-refractivity contribution in [1.82, 2.24) is 4.90 Å². The molecule has 0 saturated carbocycles. The zero-order valence-corrected chi connectivity index (χ0v) is 13.3.